The molecule has 5 heteroatoms. The van der Waals surface area contributed by atoms with Gasteiger partial charge < -0.3 is 5.11 Å². The average Bonchev–Trinajstić information content (AvgIpc) is 2.86. The Hall–Kier alpha value is -1.46. The summed E-state index contributed by atoms with van der Waals surface area (Å²) in [5.74, 6) is -0.559. The van der Waals surface area contributed by atoms with Crippen LogP contribution in [0.2, 0.25) is 0 Å². The van der Waals surface area contributed by atoms with Crippen LogP contribution in [0, 0.1) is 0 Å². The molecule has 1 aromatic heterocycles. The van der Waals surface area contributed by atoms with Crippen LogP contribution in [0.15, 0.2) is 41.3 Å². The van der Waals surface area contributed by atoms with Gasteiger partial charge in [0.15, 0.2) is 0 Å². The molecule has 3 nitrogen and oxygen atoms in total. The maximum absolute atomic E-state index is 12.2. The number of carboxylic acid groups (broad SMARTS) is 1. The minimum atomic E-state index is -1.20. The Morgan fingerprint density at radius 2 is 2.00 bits per heavy atom. The van der Waals surface area contributed by atoms with Gasteiger partial charge in [0.1, 0.15) is 0 Å². The summed E-state index contributed by atoms with van der Waals surface area (Å²) in [6, 6.07) is 10.4. The molecule has 2 aromatic rings. The van der Waals surface area contributed by atoms with Gasteiger partial charge in [-0.2, -0.15) is 0 Å². The quantitative estimate of drug-likeness (QED) is 0.920. The number of hydrogen-bond acceptors (Lipinski definition) is 3. The molecule has 1 atom stereocenters. The monoisotopic (exact) mass is 294 g/mol. The molecule has 0 aliphatic rings. The molecule has 0 radical (unpaired) electrons. The molecule has 0 amide bonds. The first kappa shape index (κ1) is 14.0. The SMILES string of the molecule is CCc1ccc(CS(=O)c2cccc(C(=O)O)c2)s1. The lowest BCUT2D eigenvalue weighted by molar-refractivity contribution is 0.0696. The Labute approximate surface area is 118 Å². The highest BCUT2D eigenvalue weighted by Gasteiger charge is 2.10. The lowest BCUT2D eigenvalue weighted by Crippen LogP contribution is -2.00. The van der Waals surface area contributed by atoms with E-state index in [1.165, 1.54) is 17.0 Å². The molecule has 0 saturated carbocycles. The van der Waals surface area contributed by atoms with Crippen LogP contribution < -0.4 is 0 Å². The molecule has 2 rings (SSSR count). The molecule has 1 heterocycles. The normalized spacial score (nSPS) is 12.3. The number of benzene rings is 1. The molecular weight excluding hydrogens is 280 g/mol. The Morgan fingerprint density at radius 3 is 2.63 bits per heavy atom. The number of aromatic carboxylic acids is 1. The van der Waals surface area contributed by atoms with E-state index in [0.29, 0.717) is 10.6 Å². The highest BCUT2D eigenvalue weighted by atomic mass is 32.2. The zero-order valence-electron chi connectivity index (χ0n) is 10.5. The number of thiophene rings is 1. The van der Waals surface area contributed by atoms with Crippen molar-refractivity contribution in [2.75, 3.05) is 0 Å². The molecule has 0 bridgehead atoms. The summed E-state index contributed by atoms with van der Waals surface area (Å²) in [4.78, 5) is 13.8. The van der Waals surface area contributed by atoms with Crippen LogP contribution in [0.5, 0.6) is 0 Å². The van der Waals surface area contributed by atoms with Gasteiger partial charge in [-0.25, -0.2) is 4.79 Å². The summed E-state index contributed by atoms with van der Waals surface area (Å²) in [6.07, 6.45) is 0.978. The van der Waals surface area contributed by atoms with Crippen LogP contribution in [0.1, 0.15) is 27.0 Å². The largest absolute Gasteiger partial charge is 0.478 e. The van der Waals surface area contributed by atoms with Crippen LogP contribution in [0.25, 0.3) is 0 Å². The number of carboxylic acids is 1. The van der Waals surface area contributed by atoms with E-state index >= 15 is 0 Å². The molecule has 0 aliphatic carbocycles. The Bertz CT molecular complexity index is 617. The summed E-state index contributed by atoms with van der Waals surface area (Å²) >= 11 is 1.66. The molecule has 1 unspecified atom stereocenters. The molecule has 1 N–H and O–H groups in total. The predicted octanol–water partition coefficient (Wildman–Crippen LogP) is 3.32. The van der Waals surface area contributed by atoms with Gasteiger partial charge in [0.05, 0.1) is 22.1 Å². The Balaban J connectivity index is 2.15. The highest BCUT2D eigenvalue weighted by Crippen LogP contribution is 2.21. The van der Waals surface area contributed by atoms with E-state index in [9.17, 15) is 9.00 Å². The molecule has 1 aromatic carbocycles. The van der Waals surface area contributed by atoms with Crippen LogP contribution >= 0.6 is 11.3 Å². The van der Waals surface area contributed by atoms with E-state index in [-0.39, 0.29) is 5.56 Å². The second-order valence-electron chi connectivity index (χ2n) is 4.04. The van der Waals surface area contributed by atoms with E-state index in [4.69, 9.17) is 5.11 Å². The van der Waals surface area contributed by atoms with Crippen molar-refractivity contribution in [3.63, 3.8) is 0 Å². The number of carbonyl (C=O) groups is 1. The molecule has 100 valence electrons. The van der Waals surface area contributed by atoms with E-state index in [1.54, 1.807) is 23.5 Å². The second-order valence-corrected chi connectivity index (χ2v) is 6.75. The van der Waals surface area contributed by atoms with E-state index < -0.39 is 16.8 Å². The smallest absolute Gasteiger partial charge is 0.335 e. The van der Waals surface area contributed by atoms with Gasteiger partial charge in [-0.1, -0.05) is 13.0 Å². The van der Waals surface area contributed by atoms with Crippen molar-refractivity contribution in [1.82, 2.24) is 0 Å². The van der Waals surface area contributed by atoms with Gasteiger partial charge >= 0.3 is 5.97 Å². The molecule has 0 fully saturated rings. The summed E-state index contributed by atoms with van der Waals surface area (Å²) in [7, 11) is -1.20. The molecule has 0 saturated heterocycles. The first-order valence-electron chi connectivity index (χ1n) is 5.89. The molecule has 19 heavy (non-hydrogen) atoms. The van der Waals surface area contributed by atoms with Gasteiger partial charge in [-0.15, -0.1) is 11.3 Å². The van der Waals surface area contributed by atoms with Crippen molar-refractivity contribution in [2.24, 2.45) is 0 Å². The first-order valence-corrected chi connectivity index (χ1v) is 8.03. The zero-order valence-corrected chi connectivity index (χ0v) is 12.1. The minimum absolute atomic E-state index is 0.172. The van der Waals surface area contributed by atoms with Crippen LogP contribution in [0.3, 0.4) is 0 Å². The number of hydrogen-bond donors (Lipinski definition) is 1. The van der Waals surface area contributed by atoms with E-state index in [0.717, 1.165) is 11.3 Å². The minimum Gasteiger partial charge on any atom is -0.478 e. The molecule has 0 spiro atoms. The van der Waals surface area contributed by atoms with Crippen molar-refractivity contribution in [2.45, 2.75) is 24.0 Å². The molecular formula is C14H14O3S2. The zero-order chi connectivity index (χ0) is 13.8. The third kappa shape index (κ3) is 3.52. The Morgan fingerprint density at radius 1 is 1.26 bits per heavy atom. The number of aryl methyl sites for hydroxylation is 1. The van der Waals surface area contributed by atoms with Gasteiger partial charge in [-0.05, 0) is 36.8 Å². The van der Waals surface area contributed by atoms with Crippen molar-refractivity contribution in [3.05, 3.63) is 51.7 Å². The average molecular weight is 294 g/mol. The summed E-state index contributed by atoms with van der Waals surface area (Å²) in [6.45, 7) is 2.09. The topological polar surface area (TPSA) is 54.4 Å². The van der Waals surface area contributed by atoms with Crippen LogP contribution in [0.4, 0.5) is 0 Å². The van der Waals surface area contributed by atoms with Crippen molar-refractivity contribution >= 4 is 28.1 Å². The fourth-order valence-corrected chi connectivity index (χ4v) is 3.99. The maximum Gasteiger partial charge on any atom is 0.335 e. The first-order chi connectivity index (χ1) is 9.10. The third-order valence-corrected chi connectivity index (χ3v) is 5.45. The van der Waals surface area contributed by atoms with Gasteiger partial charge in [-0.3, -0.25) is 4.21 Å². The third-order valence-electron chi connectivity index (χ3n) is 2.68. The second kappa shape index (κ2) is 6.12. The van der Waals surface area contributed by atoms with Gasteiger partial charge in [0, 0.05) is 14.6 Å². The fourth-order valence-electron chi connectivity index (χ4n) is 1.67. The summed E-state index contributed by atoms with van der Waals surface area (Å²) < 4.78 is 12.2. The van der Waals surface area contributed by atoms with Gasteiger partial charge in [0.25, 0.3) is 0 Å². The standard InChI is InChI=1S/C14H14O3S2/c1-2-11-6-7-12(18-11)9-19(17)13-5-3-4-10(8-13)14(15)16/h3-8H,2,9H2,1H3,(H,15,16). The number of rotatable bonds is 5. The van der Waals surface area contributed by atoms with E-state index in [1.807, 2.05) is 12.1 Å². The van der Waals surface area contributed by atoms with Crippen molar-refractivity contribution in [3.8, 4) is 0 Å². The predicted molar refractivity (Wildman–Crippen MR) is 77.2 cm³/mol. The molecule has 0 aliphatic heterocycles. The fraction of sp³-hybridized carbons (Fsp3) is 0.214. The van der Waals surface area contributed by atoms with Crippen LogP contribution in [-0.2, 0) is 23.0 Å². The highest BCUT2D eigenvalue weighted by molar-refractivity contribution is 7.84. The van der Waals surface area contributed by atoms with Crippen molar-refractivity contribution in [1.29, 1.82) is 0 Å². The van der Waals surface area contributed by atoms with Crippen molar-refractivity contribution < 1.29 is 14.1 Å². The maximum atomic E-state index is 12.2. The van der Waals surface area contributed by atoms with E-state index in [2.05, 4.69) is 6.92 Å². The summed E-state index contributed by atoms with van der Waals surface area (Å²) in [5, 5.41) is 8.92. The summed E-state index contributed by atoms with van der Waals surface area (Å²) in [5.41, 5.74) is 0.172. The van der Waals surface area contributed by atoms with Crippen LogP contribution in [-0.4, -0.2) is 15.3 Å². The lowest BCUT2D eigenvalue weighted by atomic mass is 10.2. The van der Waals surface area contributed by atoms with Gasteiger partial charge in [0.2, 0.25) is 0 Å². The lowest BCUT2D eigenvalue weighted by Gasteiger charge is -2.02. The Kier molecular flexibility index (Phi) is 4.50.